The molecule has 1 aliphatic heterocycles. The molecule has 3 aromatic rings. The minimum absolute atomic E-state index is 0.133. The summed E-state index contributed by atoms with van der Waals surface area (Å²) >= 11 is 7.86. The highest BCUT2D eigenvalue weighted by molar-refractivity contribution is 7.14. The van der Waals surface area contributed by atoms with Gasteiger partial charge >= 0.3 is 0 Å². The van der Waals surface area contributed by atoms with E-state index >= 15 is 0 Å². The normalized spacial score (nSPS) is 16.8. The number of fused-ring (bicyclic) bond motifs is 3. The lowest BCUT2D eigenvalue weighted by molar-refractivity contribution is 0.597. The van der Waals surface area contributed by atoms with E-state index in [2.05, 4.69) is 46.1 Å². The van der Waals surface area contributed by atoms with E-state index < -0.39 is 0 Å². The largest absolute Gasteiger partial charge is 0.299 e. The Kier molecular flexibility index (Phi) is 3.52. The van der Waals surface area contributed by atoms with E-state index in [4.69, 9.17) is 11.6 Å². The number of hydrogen-bond acceptors (Lipinski definition) is 4. The number of hydrogen-bond donors (Lipinski definition) is 1. The smallest absolute Gasteiger partial charge is 0.152 e. The summed E-state index contributed by atoms with van der Waals surface area (Å²) in [5.41, 5.74) is 3.86. The fourth-order valence-corrected chi connectivity index (χ4v) is 4.54. The van der Waals surface area contributed by atoms with Crippen LogP contribution in [0.25, 0.3) is 5.00 Å². The molecule has 0 aliphatic carbocycles. The van der Waals surface area contributed by atoms with Crippen molar-refractivity contribution in [3.63, 3.8) is 0 Å². The molecule has 0 fully saturated rings. The average Bonchev–Trinajstić information content (AvgIpc) is 2.97. The number of rotatable bonds is 1. The van der Waals surface area contributed by atoms with Crippen LogP contribution in [-0.2, 0) is 6.54 Å². The molecule has 1 aromatic carbocycles. The van der Waals surface area contributed by atoms with Crippen LogP contribution in [0.15, 0.2) is 24.3 Å². The first-order valence-electron chi connectivity index (χ1n) is 7.56. The van der Waals surface area contributed by atoms with Gasteiger partial charge in [-0.05, 0) is 44.0 Å². The van der Waals surface area contributed by atoms with Crippen LogP contribution in [0.4, 0.5) is 0 Å². The summed E-state index contributed by atoms with van der Waals surface area (Å²) in [7, 11) is 0. The molecule has 0 bridgehead atoms. The SMILES string of the molecule is Cc1sc2c(c1C)C(c1ccc(Cl)cc1)NCc1nnc(C)n1-2. The monoisotopic (exact) mass is 344 g/mol. The highest BCUT2D eigenvalue weighted by Gasteiger charge is 2.29. The Labute approximate surface area is 144 Å². The van der Waals surface area contributed by atoms with Crippen LogP contribution in [0.1, 0.15) is 39.3 Å². The lowest BCUT2D eigenvalue weighted by Gasteiger charge is -2.18. The van der Waals surface area contributed by atoms with Crippen LogP contribution in [0.3, 0.4) is 0 Å². The van der Waals surface area contributed by atoms with Crippen LogP contribution in [0.5, 0.6) is 0 Å². The van der Waals surface area contributed by atoms with E-state index in [1.54, 1.807) is 0 Å². The third-order valence-corrected chi connectivity index (χ3v) is 5.92. The zero-order valence-corrected chi connectivity index (χ0v) is 14.8. The van der Waals surface area contributed by atoms with Gasteiger partial charge in [-0.3, -0.25) is 9.88 Å². The van der Waals surface area contributed by atoms with Crippen molar-refractivity contribution in [2.45, 2.75) is 33.4 Å². The minimum Gasteiger partial charge on any atom is -0.299 e. The van der Waals surface area contributed by atoms with E-state index in [0.29, 0.717) is 6.54 Å². The Morgan fingerprint density at radius 1 is 1.17 bits per heavy atom. The standard InChI is InChI=1S/C17H17ClN4S/c1-9-10(2)23-17-15(9)16(12-4-6-13(18)7-5-12)19-8-14-21-20-11(3)22(14)17/h4-7,16,19H,8H2,1-3H3. The van der Waals surface area contributed by atoms with Gasteiger partial charge in [-0.2, -0.15) is 0 Å². The summed E-state index contributed by atoms with van der Waals surface area (Å²) in [6, 6.07) is 8.21. The van der Waals surface area contributed by atoms with Crippen LogP contribution in [0, 0.1) is 20.8 Å². The minimum atomic E-state index is 0.133. The van der Waals surface area contributed by atoms with Crippen LogP contribution >= 0.6 is 22.9 Å². The third kappa shape index (κ3) is 2.31. The van der Waals surface area contributed by atoms with E-state index in [-0.39, 0.29) is 6.04 Å². The number of nitrogens with zero attached hydrogens (tertiary/aromatic N) is 3. The fourth-order valence-electron chi connectivity index (χ4n) is 3.15. The summed E-state index contributed by atoms with van der Waals surface area (Å²) in [6.07, 6.45) is 0. The molecular formula is C17H17ClN4S. The van der Waals surface area contributed by atoms with Crippen LogP contribution in [0.2, 0.25) is 5.02 Å². The van der Waals surface area contributed by atoms with E-state index in [1.807, 2.05) is 30.4 Å². The van der Waals surface area contributed by atoms with Crippen molar-refractivity contribution in [1.29, 1.82) is 0 Å². The first-order valence-corrected chi connectivity index (χ1v) is 8.75. The molecule has 1 aliphatic rings. The maximum Gasteiger partial charge on any atom is 0.152 e. The van der Waals surface area contributed by atoms with Crippen molar-refractivity contribution in [2.75, 3.05) is 0 Å². The molecule has 0 saturated heterocycles. The lowest BCUT2D eigenvalue weighted by Crippen LogP contribution is -2.21. The summed E-state index contributed by atoms with van der Waals surface area (Å²) in [4.78, 5) is 1.33. The predicted octanol–water partition coefficient (Wildman–Crippen LogP) is 4.10. The van der Waals surface area contributed by atoms with E-state index in [0.717, 1.165) is 16.7 Å². The molecule has 0 saturated carbocycles. The molecular weight excluding hydrogens is 328 g/mol. The highest BCUT2D eigenvalue weighted by Crippen LogP contribution is 2.40. The Balaban J connectivity index is 1.95. The summed E-state index contributed by atoms with van der Waals surface area (Å²) in [5.74, 6) is 1.89. The second-order valence-electron chi connectivity index (χ2n) is 5.87. The maximum absolute atomic E-state index is 6.05. The van der Waals surface area contributed by atoms with Crippen LogP contribution < -0.4 is 5.32 Å². The summed E-state index contributed by atoms with van der Waals surface area (Å²) in [6.45, 7) is 7.06. The Bertz CT molecular complexity index is 879. The van der Waals surface area contributed by atoms with Gasteiger partial charge in [-0.1, -0.05) is 23.7 Å². The first kappa shape index (κ1) is 14.9. The second-order valence-corrected chi connectivity index (χ2v) is 7.51. The van der Waals surface area contributed by atoms with Crippen molar-refractivity contribution in [1.82, 2.24) is 20.1 Å². The summed E-state index contributed by atoms with van der Waals surface area (Å²) < 4.78 is 2.18. The number of nitrogens with one attached hydrogen (secondary N) is 1. The molecule has 23 heavy (non-hydrogen) atoms. The number of thiophene rings is 1. The summed E-state index contributed by atoms with van der Waals surface area (Å²) in [5, 5.41) is 14.2. The molecule has 4 rings (SSSR count). The van der Waals surface area contributed by atoms with Gasteiger partial charge in [-0.15, -0.1) is 21.5 Å². The Hall–Kier alpha value is -1.69. The molecule has 118 valence electrons. The van der Waals surface area contributed by atoms with Gasteiger partial charge < -0.3 is 0 Å². The number of aromatic nitrogens is 3. The van der Waals surface area contributed by atoms with E-state index in [9.17, 15) is 0 Å². The Morgan fingerprint density at radius 3 is 2.65 bits per heavy atom. The molecule has 1 unspecified atom stereocenters. The predicted molar refractivity (Wildman–Crippen MR) is 93.6 cm³/mol. The first-order chi connectivity index (χ1) is 11.1. The highest BCUT2D eigenvalue weighted by atomic mass is 35.5. The third-order valence-electron chi connectivity index (χ3n) is 4.46. The molecule has 2 aromatic heterocycles. The molecule has 0 amide bonds. The average molecular weight is 345 g/mol. The fraction of sp³-hybridized carbons (Fsp3) is 0.294. The number of halogens is 1. The zero-order chi connectivity index (χ0) is 16.1. The molecule has 0 radical (unpaired) electrons. The van der Waals surface area contributed by atoms with Gasteiger partial charge in [-0.25, -0.2) is 0 Å². The van der Waals surface area contributed by atoms with Gasteiger partial charge in [0.05, 0.1) is 12.6 Å². The van der Waals surface area contributed by atoms with Crippen molar-refractivity contribution < 1.29 is 0 Å². The molecule has 0 spiro atoms. The van der Waals surface area contributed by atoms with Gasteiger partial charge in [0.2, 0.25) is 0 Å². The van der Waals surface area contributed by atoms with Gasteiger partial charge in [0, 0.05) is 15.5 Å². The van der Waals surface area contributed by atoms with Gasteiger partial charge in [0.25, 0.3) is 0 Å². The quantitative estimate of drug-likeness (QED) is 0.722. The topological polar surface area (TPSA) is 42.7 Å². The molecule has 1 N–H and O–H groups in total. The maximum atomic E-state index is 6.05. The van der Waals surface area contributed by atoms with Crippen molar-refractivity contribution in [3.05, 3.63) is 62.5 Å². The molecule has 4 nitrogen and oxygen atoms in total. The van der Waals surface area contributed by atoms with Crippen LogP contribution in [-0.4, -0.2) is 14.8 Å². The van der Waals surface area contributed by atoms with Crippen molar-refractivity contribution in [3.8, 4) is 5.00 Å². The van der Waals surface area contributed by atoms with Gasteiger partial charge in [0.15, 0.2) is 5.82 Å². The van der Waals surface area contributed by atoms with E-state index in [1.165, 1.54) is 26.6 Å². The van der Waals surface area contributed by atoms with Gasteiger partial charge in [0.1, 0.15) is 10.8 Å². The zero-order valence-electron chi connectivity index (χ0n) is 13.2. The second kappa shape index (κ2) is 5.44. The Morgan fingerprint density at radius 2 is 1.91 bits per heavy atom. The number of benzene rings is 1. The molecule has 6 heteroatoms. The van der Waals surface area contributed by atoms with Crippen molar-refractivity contribution in [2.24, 2.45) is 0 Å². The lowest BCUT2D eigenvalue weighted by atomic mass is 9.97. The molecule has 3 heterocycles. The number of aryl methyl sites for hydroxylation is 2. The van der Waals surface area contributed by atoms with Crippen molar-refractivity contribution >= 4 is 22.9 Å². The molecule has 1 atom stereocenters.